The van der Waals surface area contributed by atoms with E-state index in [-0.39, 0.29) is 17.9 Å². The van der Waals surface area contributed by atoms with Gasteiger partial charge in [0, 0.05) is 4.90 Å². The van der Waals surface area contributed by atoms with Crippen molar-refractivity contribution in [1.29, 1.82) is 0 Å². The van der Waals surface area contributed by atoms with E-state index < -0.39 is 18.4 Å². The van der Waals surface area contributed by atoms with Crippen LogP contribution in [0, 0.1) is 6.92 Å². The van der Waals surface area contributed by atoms with Gasteiger partial charge in [-0.1, -0.05) is 24.3 Å². The van der Waals surface area contributed by atoms with Crippen molar-refractivity contribution in [3.8, 4) is 0 Å². The minimum Gasteiger partial charge on any atom is -0.305 e. The second-order valence-electron chi connectivity index (χ2n) is 3.81. The first-order valence-electron chi connectivity index (χ1n) is 6.01. The Balaban J connectivity index is 3.00. The van der Waals surface area contributed by atoms with Crippen LogP contribution >= 0.6 is 7.60 Å². The molecule has 0 bridgehead atoms. The zero-order chi connectivity index (χ0) is 14.5. The summed E-state index contributed by atoms with van der Waals surface area (Å²) in [5.41, 5.74) is 1.06. The number of rotatable bonds is 7. The van der Waals surface area contributed by atoms with E-state index in [9.17, 15) is 8.77 Å². The summed E-state index contributed by atoms with van der Waals surface area (Å²) in [6.07, 6.45) is 0. The lowest BCUT2D eigenvalue weighted by Crippen LogP contribution is -2.03. The molecule has 1 rings (SSSR count). The maximum Gasteiger partial charge on any atom is 0.369 e. The molecule has 0 spiro atoms. The minimum atomic E-state index is -3.54. The predicted molar refractivity (Wildman–Crippen MR) is 77.6 cm³/mol. The van der Waals surface area contributed by atoms with Crippen molar-refractivity contribution >= 4 is 18.4 Å². The molecule has 0 fully saturated rings. The van der Waals surface area contributed by atoms with Gasteiger partial charge in [0.15, 0.2) is 0 Å². The van der Waals surface area contributed by atoms with Crippen LogP contribution in [0.15, 0.2) is 40.4 Å². The standard InChI is InChI=1S/C13H19O4PS/c1-5-16-18(14,17-6-2)12(4)19(15)13-9-7-11(3)8-10-13/h7-10H,4-6H2,1-3H3/t19-/m1/s1. The van der Waals surface area contributed by atoms with Gasteiger partial charge in [-0.3, -0.25) is 4.57 Å². The van der Waals surface area contributed by atoms with Crippen LogP contribution in [-0.2, 0) is 24.4 Å². The zero-order valence-corrected chi connectivity index (χ0v) is 13.1. The maximum absolute atomic E-state index is 12.5. The Morgan fingerprint density at radius 3 is 2.11 bits per heavy atom. The van der Waals surface area contributed by atoms with Gasteiger partial charge in [0.25, 0.3) is 0 Å². The second kappa shape index (κ2) is 7.15. The molecule has 106 valence electrons. The van der Waals surface area contributed by atoms with Gasteiger partial charge in [-0.2, -0.15) is 0 Å². The third-order valence-electron chi connectivity index (χ3n) is 2.35. The molecule has 0 aromatic heterocycles. The Bertz CT molecular complexity index is 500. The van der Waals surface area contributed by atoms with Crippen LogP contribution in [0.5, 0.6) is 0 Å². The van der Waals surface area contributed by atoms with Gasteiger partial charge in [0.2, 0.25) is 0 Å². The van der Waals surface area contributed by atoms with E-state index in [1.54, 1.807) is 26.0 Å². The van der Waals surface area contributed by atoms with E-state index in [4.69, 9.17) is 9.05 Å². The van der Waals surface area contributed by atoms with E-state index >= 15 is 0 Å². The average Bonchev–Trinajstić information content (AvgIpc) is 2.38. The third kappa shape index (κ3) is 4.11. The van der Waals surface area contributed by atoms with Gasteiger partial charge in [-0.25, -0.2) is 4.21 Å². The summed E-state index contributed by atoms with van der Waals surface area (Å²) < 4.78 is 35.1. The molecule has 4 nitrogen and oxygen atoms in total. The van der Waals surface area contributed by atoms with Crippen LogP contribution in [0.1, 0.15) is 19.4 Å². The molecule has 1 aromatic carbocycles. The smallest absolute Gasteiger partial charge is 0.305 e. The fourth-order valence-corrected chi connectivity index (χ4v) is 4.56. The lowest BCUT2D eigenvalue weighted by molar-refractivity contribution is 0.228. The quantitative estimate of drug-likeness (QED) is 0.718. The van der Waals surface area contributed by atoms with Crippen LogP contribution in [0.3, 0.4) is 0 Å². The molecular weight excluding hydrogens is 283 g/mol. The molecular formula is C13H19O4PS. The number of hydrogen-bond donors (Lipinski definition) is 0. The molecule has 1 aromatic rings. The van der Waals surface area contributed by atoms with Crippen molar-refractivity contribution in [2.24, 2.45) is 0 Å². The van der Waals surface area contributed by atoms with Crippen molar-refractivity contribution in [2.75, 3.05) is 13.2 Å². The summed E-state index contributed by atoms with van der Waals surface area (Å²) >= 11 is 0. The van der Waals surface area contributed by atoms with Crippen molar-refractivity contribution in [1.82, 2.24) is 0 Å². The summed E-state index contributed by atoms with van der Waals surface area (Å²) in [5.74, 6) is 0. The van der Waals surface area contributed by atoms with Gasteiger partial charge in [0.1, 0.15) is 4.65 Å². The molecule has 0 saturated carbocycles. The highest BCUT2D eigenvalue weighted by Gasteiger charge is 2.32. The predicted octanol–water partition coefficient (Wildman–Crippen LogP) is 3.84. The minimum absolute atomic E-state index is 0.0138. The van der Waals surface area contributed by atoms with Gasteiger partial charge >= 0.3 is 7.60 Å². The summed E-state index contributed by atoms with van der Waals surface area (Å²) in [4.78, 5) is 0.537. The first-order chi connectivity index (χ1) is 8.94. The molecule has 0 N–H and O–H groups in total. The molecule has 1 atom stereocenters. The van der Waals surface area contributed by atoms with Crippen molar-refractivity contribution in [3.63, 3.8) is 0 Å². The van der Waals surface area contributed by atoms with Gasteiger partial charge < -0.3 is 9.05 Å². The SMILES string of the molecule is C=C([S@@](=O)c1ccc(C)cc1)P(=O)(OCC)OCC. The Kier molecular flexibility index (Phi) is 6.14. The molecule has 0 amide bonds. The van der Waals surface area contributed by atoms with E-state index in [0.717, 1.165) is 5.56 Å². The Morgan fingerprint density at radius 2 is 1.68 bits per heavy atom. The lowest BCUT2D eigenvalue weighted by atomic mass is 10.2. The van der Waals surface area contributed by atoms with Crippen LogP contribution < -0.4 is 0 Å². The molecule has 0 radical (unpaired) electrons. The summed E-state index contributed by atoms with van der Waals surface area (Å²) in [5, 5.41) is 0. The molecule has 6 heteroatoms. The maximum atomic E-state index is 12.5. The fraction of sp³-hybridized carbons (Fsp3) is 0.385. The average molecular weight is 302 g/mol. The van der Waals surface area contributed by atoms with Gasteiger partial charge in [-0.15, -0.1) is 0 Å². The largest absolute Gasteiger partial charge is 0.369 e. The van der Waals surface area contributed by atoms with E-state index in [1.165, 1.54) is 0 Å². The summed E-state index contributed by atoms with van der Waals surface area (Å²) in [7, 11) is -5.15. The highest BCUT2D eigenvalue weighted by Crippen LogP contribution is 2.57. The molecule has 0 saturated heterocycles. The van der Waals surface area contributed by atoms with Gasteiger partial charge in [-0.05, 0) is 32.9 Å². The molecule has 0 heterocycles. The van der Waals surface area contributed by atoms with Crippen molar-refractivity contribution in [2.45, 2.75) is 25.7 Å². The van der Waals surface area contributed by atoms with E-state index in [1.807, 2.05) is 19.1 Å². The monoisotopic (exact) mass is 302 g/mol. The van der Waals surface area contributed by atoms with Gasteiger partial charge in [0.05, 0.1) is 24.0 Å². The molecule has 19 heavy (non-hydrogen) atoms. The molecule has 0 aliphatic carbocycles. The van der Waals surface area contributed by atoms with Crippen molar-refractivity contribution < 1.29 is 17.8 Å². The van der Waals surface area contributed by atoms with E-state index in [0.29, 0.717) is 4.90 Å². The molecule has 0 aliphatic heterocycles. The number of aryl methyl sites for hydroxylation is 1. The number of benzene rings is 1. The highest BCUT2D eigenvalue weighted by atomic mass is 32.2. The van der Waals surface area contributed by atoms with Crippen LogP contribution in [-0.4, -0.2) is 17.4 Å². The highest BCUT2D eigenvalue weighted by molar-refractivity contribution is 7.98. The first-order valence-corrected chi connectivity index (χ1v) is 8.71. The third-order valence-corrected chi connectivity index (χ3v) is 6.46. The summed E-state index contributed by atoms with van der Waals surface area (Å²) in [6, 6.07) is 7.12. The Hall–Kier alpha value is -0.740. The van der Waals surface area contributed by atoms with Crippen LogP contribution in [0.25, 0.3) is 0 Å². The first kappa shape index (κ1) is 16.3. The normalized spacial score (nSPS) is 13.2. The fourth-order valence-electron chi connectivity index (χ4n) is 1.42. The lowest BCUT2D eigenvalue weighted by Gasteiger charge is -2.18. The second-order valence-corrected chi connectivity index (χ2v) is 7.66. The molecule has 0 aliphatic rings. The summed E-state index contributed by atoms with van der Waals surface area (Å²) in [6.45, 7) is 9.41. The topological polar surface area (TPSA) is 52.6 Å². The van der Waals surface area contributed by atoms with Crippen molar-refractivity contribution in [3.05, 3.63) is 41.1 Å². The van der Waals surface area contributed by atoms with Crippen LogP contribution in [0.4, 0.5) is 0 Å². The zero-order valence-electron chi connectivity index (χ0n) is 11.4. The Labute approximate surface area is 116 Å². The van der Waals surface area contributed by atoms with E-state index in [2.05, 4.69) is 6.58 Å². The van der Waals surface area contributed by atoms with Crippen LogP contribution in [0.2, 0.25) is 0 Å². The Morgan fingerprint density at radius 1 is 1.21 bits per heavy atom. The number of hydrogen-bond acceptors (Lipinski definition) is 4. The molecule has 0 unspecified atom stereocenters.